The number of nitrogens with zero attached hydrogens (tertiary/aromatic N) is 1. The van der Waals surface area contributed by atoms with Crippen LogP contribution in [0.3, 0.4) is 0 Å². The van der Waals surface area contributed by atoms with E-state index >= 15 is 0 Å². The van der Waals surface area contributed by atoms with E-state index in [4.69, 9.17) is 5.26 Å². The summed E-state index contributed by atoms with van der Waals surface area (Å²) in [5, 5.41) is 8.29. The van der Waals surface area contributed by atoms with Crippen molar-refractivity contribution in [3.63, 3.8) is 0 Å². The number of nitriles is 1. The van der Waals surface area contributed by atoms with E-state index in [1.807, 2.05) is 24.3 Å². The van der Waals surface area contributed by atoms with Gasteiger partial charge in [-0.15, -0.1) is 0 Å². The van der Waals surface area contributed by atoms with E-state index in [1.54, 1.807) is 19.1 Å². The topological polar surface area (TPSA) is 23.8 Å². The molecule has 0 heterocycles. The molecule has 52 valence electrons. The molecule has 0 saturated heterocycles. The van der Waals surface area contributed by atoms with E-state index in [1.165, 1.54) is 0 Å². The third kappa shape index (κ3) is 6.12. The van der Waals surface area contributed by atoms with E-state index in [0.29, 0.717) is 5.56 Å². The van der Waals surface area contributed by atoms with Crippen molar-refractivity contribution in [3.05, 3.63) is 42.8 Å². The smallest absolute Gasteiger partial charge is 0.346 e. The second kappa shape index (κ2) is 9.71. The zero-order valence-electron chi connectivity index (χ0n) is 7.04. The molecule has 11 heavy (non-hydrogen) atoms. The fourth-order valence-corrected chi connectivity index (χ4v) is 0.513. The average molecular weight is 155 g/mol. The van der Waals surface area contributed by atoms with Gasteiger partial charge in [0.1, 0.15) is 0 Å². The van der Waals surface area contributed by atoms with Gasteiger partial charge in [0.25, 0.3) is 0 Å². The van der Waals surface area contributed by atoms with Crippen LogP contribution in [0.25, 0.3) is 0 Å². The third-order valence-electron chi connectivity index (χ3n) is 0.903. The van der Waals surface area contributed by atoms with Crippen molar-refractivity contribution >= 4 is 0 Å². The first kappa shape index (κ1) is 13.3. The van der Waals surface area contributed by atoms with Crippen LogP contribution in [0, 0.1) is 18.3 Å². The van der Waals surface area contributed by atoms with Crippen LogP contribution in [0.2, 0.25) is 0 Å². The van der Waals surface area contributed by atoms with E-state index in [2.05, 4.69) is 6.92 Å². The van der Waals surface area contributed by atoms with Gasteiger partial charge in [-0.05, 0) is 12.1 Å². The summed E-state index contributed by atoms with van der Waals surface area (Å²) >= 11 is 0. The van der Waals surface area contributed by atoms with Crippen LogP contribution in [0.15, 0.2) is 30.3 Å². The van der Waals surface area contributed by atoms with E-state index < -0.39 is 0 Å². The van der Waals surface area contributed by atoms with E-state index in [0.717, 1.165) is 0 Å². The number of benzene rings is 1. The Labute approximate surface area is 90.3 Å². The zero-order chi connectivity index (χ0) is 7.82. The Morgan fingerprint density at radius 3 is 1.91 bits per heavy atom. The van der Waals surface area contributed by atoms with Crippen molar-refractivity contribution in [2.75, 3.05) is 0 Å². The predicted molar refractivity (Wildman–Crippen MR) is 42.2 cm³/mol. The van der Waals surface area contributed by atoms with Crippen LogP contribution in [0.4, 0.5) is 0 Å². The summed E-state index contributed by atoms with van der Waals surface area (Å²) < 4.78 is 0. The molecule has 0 bridgehead atoms. The monoisotopic (exact) mass is 155 g/mol. The molecule has 0 aromatic heterocycles. The normalized spacial score (nSPS) is 6.27. The van der Waals surface area contributed by atoms with Crippen LogP contribution in [0.5, 0.6) is 0 Å². The maximum atomic E-state index is 8.29. The molecule has 0 aliphatic heterocycles. The summed E-state index contributed by atoms with van der Waals surface area (Å²) in [5.74, 6) is 0. The van der Waals surface area contributed by atoms with Crippen LogP contribution in [-0.4, -0.2) is 0 Å². The maximum absolute atomic E-state index is 8.29. The van der Waals surface area contributed by atoms with Gasteiger partial charge in [0.2, 0.25) is 0 Å². The molecule has 0 amide bonds. The molecule has 0 saturated carbocycles. The molecule has 1 rings (SSSR count). The number of hydrogen-bond donors (Lipinski definition) is 0. The molecular weight excluding hydrogens is 145 g/mol. The van der Waals surface area contributed by atoms with Gasteiger partial charge >= 0.3 is 29.6 Å². The second-order valence-corrected chi connectivity index (χ2v) is 1.48. The molecule has 0 atom stereocenters. The van der Waals surface area contributed by atoms with Crippen molar-refractivity contribution in [1.29, 1.82) is 5.26 Å². The molecule has 0 fully saturated rings. The van der Waals surface area contributed by atoms with Crippen molar-refractivity contribution in [2.45, 2.75) is 6.92 Å². The molecule has 0 unspecified atom stereocenters. The average Bonchev–Trinajstić information content (AvgIpc) is 2.10. The largest absolute Gasteiger partial charge is 1.00 e. The molecule has 2 heteroatoms. The van der Waals surface area contributed by atoms with Crippen LogP contribution < -0.4 is 29.6 Å². The van der Waals surface area contributed by atoms with Crippen molar-refractivity contribution in [3.8, 4) is 6.07 Å². The molecule has 0 N–H and O–H groups in total. The first-order chi connectivity index (χ1) is 4.93. The quantitative estimate of drug-likeness (QED) is 0.362. The van der Waals surface area contributed by atoms with Gasteiger partial charge in [-0.2, -0.15) is 12.2 Å². The van der Waals surface area contributed by atoms with E-state index in [-0.39, 0.29) is 29.6 Å². The SMILES string of the molecule is N#Cc1ccccc1.[CH2-]C.[Na+]. The molecule has 1 aromatic carbocycles. The van der Waals surface area contributed by atoms with Gasteiger partial charge in [-0.1, -0.05) is 18.2 Å². The minimum atomic E-state index is 0. The summed E-state index contributed by atoms with van der Waals surface area (Å²) in [5.41, 5.74) is 0.715. The minimum Gasteiger partial charge on any atom is -0.346 e. The summed E-state index contributed by atoms with van der Waals surface area (Å²) in [6.07, 6.45) is 0. The van der Waals surface area contributed by atoms with Crippen LogP contribution >= 0.6 is 0 Å². The Bertz CT molecular complexity index is 201. The van der Waals surface area contributed by atoms with Gasteiger partial charge in [-0.3, -0.25) is 0 Å². The predicted octanol–water partition coefficient (Wildman–Crippen LogP) is -0.597. The summed E-state index contributed by atoms with van der Waals surface area (Å²) in [6.45, 7) is 5.00. The number of hydrogen-bond acceptors (Lipinski definition) is 1. The van der Waals surface area contributed by atoms with Gasteiger partial charge in [0.05, 0.1) is 11.6 Å². The molecular formula is C9H10NNa. The molecule has 0 radical (unpaired) electrons. The first-order valence-corrected chi connectivity index (χ1v) is 3.09. The van der Waals surface area contributed by atoms with Crippen molar-refractivity contribution in [1.82, 2.24) is 0 Å². The van der Waals surface area contributed by atoms with Gasteiger partial charge < -0.3 is 6.92 Å². The summed E-state index contributed by atoms with van der Waals surface area (Å²) in [6, 6.07) is 11.2. The van der Waals surface area contributed by atoms with E-state index in [9.17, 15) is 0 Å². The standard InChI is InChI=1S/C7H5N.C2H5.Na/c8-6-7-4-2-1-3-5-7;1-2;/h1-5H;1H2,2H3;/q;-1;+1. The molecule has 1 nitrogen and oxygen atoms in total. The summed E-state index contributed by atoms with van der Waals surface area (Å²) in [7, 11) is 0. The van der Waals surface area contributed by atoms with Crippen LogP contribution in [-0.2, 0) is 0 Å². The Morgan fingerprint density at radius 1 is 1.18 bits per heavy atom. The summed E-state index contributed by atoms with van der Waals surface area (Å²) in [4.78, 5) is 0. The fraction of sp³-hybridized carbons (Fsp3) is 0.111. The number of rotatable bonds is 0. The zero-order valence-corrected chi connectivity index (χ0v) is 9.04. The third-order valence-corrected chi connectivity index (χ3v) is 0.903. The second-order valence-electron chi connectivity index (χ2n) is 1.48. The van der Waals surface area contributed by atoms with Gasteiger partial charge in [0, 0.05) is 0 Å². The molecule has 0 aliphatic rings. The molecule has 1 aromatic rings. The Balaban J connectivity index is 0. The first-order valence-electron chi connectivity index (χ1n) is 3.09. The van der Waals surface area contributed by atoms with Crippen molar-refractivity contribution < 1.29 is 29.6 Å². The Kier molecular flexibility index (Phi) is 11.7. The molecule has 0 aliphatic carbocycles. The Morgan fingerprint density at radius 2 is 1.64 bits per heavy atom. The Hall–Kier alpha value is -0.290. The van der Waals surface area contributed by atoms with Gasteiger partial charge in [0.15, 0.2) is 0 Å². The molecule has 0 spiro atoms. The van der Waals surface area contributed by atoms with Crippen LogP contribution in [0.1, 0.15) is 12.5 Å². The minimum absolute atomic E-state index is 0. The van der Waals surface area contributed by atoms with Crippen molar-refractivity contribution in [2.24, 2.45) is 0 Å². The maximum Gasteiger partial charge on any atom is 1.00 e. The fourth-order valence-electron chi connectivity index (χ4n) is 0.513. The van der Waals surface area contributed by atoms with Gasteiger partial charge in [-0.25, -0.2) is 0 Å².